The van der Waals surface area contributed by atoms with E-state index in [1.54, 1.807) is 11.3 Å². The lowest BCUT2D eigenvalue weighted by atomic mass is 10.1. The third kappa shape index (κ3) is 2.46. The first-order valence-electron chi connectivity index (χ1n) is 5.98. The van der Waals surface area contributed by atoms with Crippen molar-refractivity contribution in [3.05, 3.63) is 66.7 Å². The first-order chi connectivity index (χ1) is 9.36. The van der Waals surface area contributed by atoms with E-state index in [2.05, 4.69) is 16.8 Å². The minimum atomic E-state index is 0.939. The Morgan fingerprint density at radius 2 is 1.37 bits per heavy atom. The van der Waals surface area contributed by atoms with Crippen molar-refractivity contribution in [2.24, 2.45) is 0 Å². The smallest absolute Gasteiger partial charge is 0.138 e. The van der Waals surface area contributed by atoms with Crippen LogP contribution in [0.5, 0.6) is 0 Å². The monoisotopic (exact) mass is 264 g/mol. The molecule has 3 rings (SSSR count). The third-order valence-electron chi connectivity index (χ3n) is 2.84. The zero-order valence-electron chi connectivity index (χ0n) is 10.3. The standard InChI is InChI=1S/C16H12N2S/c1-2-12-8-10-14(11-9-12)16-18-17-15(19-16)13-6-4-3-5-7-13/h2-11H,1H2. The fourth-order valence-corrected chi connectivity index (χ4v) is 2.65. The van der Waals surface area contributed by atoms with Crippen molar-refractivity contribution in [1.29, 1.82) is 0 Å². The molecular formula is C16H12N2S. The van der Waals surface area contributed by atoms with Crippen LogP contribution < -0.4 is 0 Å². The fourth-order valence-electron chi connectivity index (χ4n) is 1.80. The van der Waals surface area contributed by atoms with Crippen molar-refractivity contribution in [3.63, 3.8) is 0 Å². The predicted molar refractivity (Wildman–Crippen MR) is 80.9 cm³/mol. The summed E-state index contributed by atoms with van der Waals surface area (Å²) in [6, 6.07) is 18.3. The Kier molecular flexibility index (Phi) is 3.21. The van der Waals surface area contributed by atoms with Crippen LogP contribution in [-0.2, 0) is 0 Å². The summed E-state index contributed by atoms with van der Waals surface area (Å²) in [6.07, 6.45) is 1.83. The van der Waals surface area contributed by atoms with Crippen molar-refractivity contribution in [2.75, 3.05) is 0 Å². The summed E-state index contributed by atoms with van der Waals surface area (Å²) >= 11 is 1.60. The van der Waals surface area contributed by atoms with Gasteiger partial charge >= 0.3 is 0 Å². The van der Waals surface area contributed by atoms with E-state index in [-0.39, 0.29) is 0 Å². The second kappa shape index (κ2) is 5.16. The molecule has 0 aliphatic carbocycles. The van der Waals surface area contributed by atoms with E-state index >= 15 is 0 Å². The largest absolute Gasteiger partial charge is 0.148 e. The molecule has 0 aliphatic rings. The number of nitrogens with zero attached hydrogens (tertiary/aromatic N) is 2. The lowest BCUT2D eigenvalue weighted by Crippen LogP contribution is -1.77. The topological polar surface area (TPSA) is 25.8 Å². The summed E-state index contributed by atoms with van der Waals surface area (Å²) in [5.74, 6) is 0. The fraction of sp³-hybridized carbons (Fsp3) is 0. The number of benzene rings is 2. The number of hydrogen-bond donors (Lipinski definition) is 0. The molecule has 0 radical (unpaired) electrons. The quantitative estimate of drug-likeness (QED) is 0.695. The van der Waals surface area contributed by atoms with Gasteiger partial charge in [-0.05, 0) is 5.56 Å². The van der Waals surface area contributed by atoms with Gasteiger partial charge in [0.2, 0.25) is 0 Å². The summed E-state index contributed by atoms with van der Waals surface area (Å²) in [5.41, 5.74) is 3.30. The van der Waals surface area contributed by atoms with E-state index in [4.69, 9.17) is 0 Å². The van der Waals surface area contributed by atoms with Gasteiger partial charge in [0.15, 0.2) is 0 Å². The van der Waals surface area contributed by atoms with Gasteiger partial charge in [-0.1, -0.05) is 78.6 Å². The molecule has 0 spiro atoms. The van der Waals surface area contributed by atoms with Gasteiger partial charge in [-0.2, -0.15) is 0 Å². The van der Waals surface area contributed by atoms with Gasteiger partial charge in [0.25, 0.3) is 0 Å². The molecule has 19 heavy (non-hydrogen) atoms. The molecule has 3 heteroatoms. The molecule has 3 aromatic rings. The molecule has 0 N–H and O–H groups in total. The van der Waals surface area contributed by atoms with Crippen molar-refractivity contribution < 1.29 is 0 Å². The number of aromatic nitrogens is 2. The van der Waals surface area contributed by atoms with Gasteiger partial charge in [0.1, 0.15) is 10.0 Å². The Balaban J connectivity index is 1.94. The molecule has 0 saturated heterocycles. The van der Waals surface area contributed by atoms with Crippen molar-refractivity contribution in [1.82, 2.24) is 10.2 Å². The van der Waals surface area contributed by atoms with Crippen LogP contribution in [0.25, 0.3) is 27.2 Å². The second-order valence-electron chi connectivity index (χ2n) is 4.10. The molecule has 0 fully saturated rings. The Morgan fingerprint density at radius 1 is 0.789 bits per heavy atom. The Morgan fingerprint density at radius 3 is 1.95 bits per heavy atom. The average Bonchev–Trinajstić information content (AvgIpc) is 2.98. The van der Waals surface area contributed by atoms with Crippen LogP contribution in [-0.4, -0.2) is 10.2 Å². The highest BCUT2D eigenvalue weighted by atomic mass is 32.1. The summed E-state index contributed by atoms with van der Waals surface area (Å²) < 4.78 is 0. The lowest BCUT2D eigenvalue weighted by molar-refractivity contribution is 1.10. The van der Waals surface area contributed by atoms with Gasteiger partial charge < -0.3 is 0 Å². The molecule has 2 nitrogen and oxygen atoms in total. The molecule has 0 bridgehead atoms. The van der Waals surface area contributed by atoms with Crippen LogP contribution in [0.2, 0.25) is 0 Å². The van der Waals surface area contributed by atoms with Gasteiger partial charge in [-0.15, -0.1) is 10.2 Å². The Labute approximate surface area is 116 Å². The highest BCUT2D eigenvalue weighted by Gasteiger charge is 2.07. The molecule has 0 atom stereocenters. The zero-order chi connectivity index (χ0) is 13.1. The maximum Gasteiger partial charge on any atom is 0.148 e. The highest BCUT2D eigenvalue weighted by molar-refractivity contribution is 7.17. The zero-order valence-corrected chi connectivity index (χ0v) is 11.1. The first kappa shape index (κ1) is 11.8. The summed E-state index contributed by atoms with van der Waals surface area (Å²) in [4.78, 5) is 0. The molecular weight excluding hydrogens is 252 g/mol. The van der Waals surface area contributed by atoms with E-state index in [0.717, 1.165) is 26.7 Å². The summed E-state index contributed by atoms with van der Waals surface area (Å²) in [6.45, 7) is 3.75. The molecule has 0 amide bonds. The molecule has 1 heterocycles. The third-order valence-corrected chi connectivity index (χ3v) is 3.86. The molecule has 0 saturated carbocycles. The molecule has 92 valence electrons. The van der Waals surface area contributed by atoms with Gasteiger partial charge in [0, 0.05) is 11.1 Å². The average molecular weight is 264 g/mol. The van der Waals surface area contributed by atoms with Crippen molar-refractivity contribution >= 4 is 17.4 Å². The summed E-state index contributed by atoms with van der Waals surface area (Å²) in [7, 11) is 0. The Bertz CT molecular complexity index is 684. The van der Waals surface area contributed by atoms with Gasteiger partial charge in [0.05, 0.1) is 0 Å². The van der Waals surface area contributed by atoms with Crippen LogP contribution in [0.15, 0.2) is 61.2 Å². The van der Waals surface area contributed by atoms with Crippen LogP contribution in [0, 0.1) is 0 Å². The van der Waals surface area contributed by atoms with Gasteiger partial charge in [-0.3, -0.25) is 0 Å². The first-order valence-corrected chi connectivity index (χ1v) is 6.80. The van der Waals surface area contributed by atoms with Crippen LogP contribution >= 0.6 is 11.3 Å². The number of rotatable bonds is 3. The van der Waals surface area contributed by atoms with Crippen LogP contribution in [0.1, 0.15) is 5.56 Å². The SMILES string of the molecule is C=Cc1ccc(-c2nnc(-c3ccccc3)s2)cc1. The molecule has 0 unspecified atom stereocenters. The van der Waals surface area contributed by atoms with E-state index in [0.29, 0.717) is 0 Å². The number of hydrogen-bond acceptors (Lipinski definition) is 3. The van der Waals surface area contributed by atoms with Gasteiger partial charge in [-0.25, -0.2) is 0 Å². The highest BCUT2D eigenvalue weighted by Crippen LogP contribution is 2.29. The minimum absolute atomic E-state index is 0.939. The second-order valence-corrected chi connectivity index (χ2v) is 5.08. The van der Waals surface area contributed by atoms with Crippen LogP contribution in [0.4, 0.5) is 0 Å². The van der Waals surface area contributed by atoms with Crippen molar-refractivity contribution in [3.8, 4) is 21.1 Å². The molecule has 0 aliphatic heterocycles. The van der Waals surface area contributed by atoms with E-state index in [1.165, 1.54) is 0 Å². The van der Waals surface area contributed by atoms with Crippen molar-refractivity contribution in [2.45, 2.75) is 0 Å². The normalized spacial score (nSPS) is 10.3. The summed E-state index contributed by atoms with van der Waals surface area (Å²) in [5, 5.41) is 10.4. The van der Waals surface area contributed by atoms with E-state index < -0.39 is 0 Å². The van der Waals surface area contributed by atoms with E-state index in [1.807, 2.05) is 60.7 Å². The lowest BCUT2D eigenvalue weighted by Gasteiger charge is -1.96. The predicted octanol–water partition coefficient (Wildman–Crippen LogP) is 4.52. The molecule has 2 aromatic carbocycles. The maximum absolute atomic E-state index is 4.26. The van der Waals surface area contributed by atoms with Crippen LogP contribution in [0.3, 0.4) is 0 Å². The van der Waals surface area contributed by atoms with E-state index in [9.17, 15) is 0 Å². The minimum Gasteiger partial charge on any atom is -0.138 e. The molecule has 1 aromatic heterocycles. The Hall–Kier alpha value is -2.26. The maximum atomic E-state index is 4.26.